The predicted molar refractivity (Wildman–Crippen MR) is 101 cm³/mol. The molecule has 0 radical (unpaired) electrons. The van der Waals surface area contributed by atoms with E-state index in [0.717, 1.165) is 23.3 Å². The summed E-state index contributed by atoms with van der Waals surface area (Å²) >= 11 is 6.25. The van der Waals surface area contributed by atoms with Gasteiger partial charge in [-0.25, -0.2) is 0 Å². The van der Waals surface area contributed by atoms with Gasteiger partial charge in [0, 0.05) is 17.0 Å². The molecule has 1 N–H and O–H groups in total. The zero-order chi connectivity index (χ0) is 19.1. The summed E-state index contributed by atoms with van der Waals surface area (Å²) in [5, 5.41) is 10.1. The Labute approximate surface area is 158 Å². The monoisotopic (exact) mass is 374 g/mol. The molecule has 0 unspecified atom stereocenters. The molecule has 0 aliphatic carbocycles. The normalized spacial score (nSPS) is 15.3. The maximum atomic E-state index is 11.5. The van der Waals surface area contributed by atoms with E-state index < -0.39 is 11.4 Å². The fourth-order valence-electron chi connectivity index (χ4n) is 3.11. The van der Waals surface area contributed by atoms with Gasteiger partial charge < -0.3 is 14.6 Å². The second kappa shape index (κ2) is 6.51. The number of ether oxygens (including phenoxy) is 2. The molecule has 5 heteroatoms. The zero-order valence-corrected chi connectivity index (χ0v) is 16.2. The summed E-state index contributed by atoms with van der Waals surface area (Å²) in [6.07, 6.45) is 0.804. The highest BCUT2D eigenvalue weighted by Crippen LogP contribution is 2.40. The Bertz CT molecular complexity index is 855. The number of aliphatic carboxylic acids is 1. The number of rotatable bonds is 5. The molecular formula is C21H23ClO4. The molecule has 0 spiro atoms. The van der Waals surface area contributed by atoms with Crippen LogP contribution in [0, 0.1) is 0 Å². The SMILES string of the molecule is CC1(C)Cc2cc(Cl)cc(COc3cccc(C(C)(C)C(=O)O)c3)c2O1. The highest BCUT2D eigenvalue weighted by Gasteiger charge is 2.32. The van der Waals surface area contributed by atoms with Gasteiger partial charge in [0.05, 0.1) is 5.41 Å². The number of fused-ring (bicyclic) bond motifs is 1. The van der Waals surface area contributed by atoms with E-state index in [2.05, 4.69) is 0 Å². The number of hydrogen-bond acceptors (Lipinski definition) is 3. The summed E-state index contributed by atoms with van der Waals surface area (Å²) in [5.74, 6) is 0.571. The van der Waals surface area contributed by atoms with E-state index in [4.69, 9.17) is 21.1 Å². The van der Waals surface area contributed by atoms with Crippen molar-refractivity contribution in [3.8, 4) is 11.5 Å². The van der Waals surface area contributed by atoms with Gasteiger partial charge in [-0.15, -0.1) is 0 Å². The summed E-state index contributed by atoms with van der Waals surface area (Å²) in [7, 11) is 0. The van der Waals surface area contributed by atoms with Gasteiger partial charge in [-0.1, -0.05) is 23.7 Å². The maximum Gasteiger partial charge on any atom is 0.313 e. The lowest BCUT2D eigenvalue weighted by molar-refractivity contribution is -0.142. The molecule has 0 atom stereocenters. The smallest absolute Gasteiger partial charge is 0.313 e. The quantitative estimate of drug-likeness (QED) is 0.800. The summed E-state index contributed by atoms with van der Waals surface area (Å²) in [5.41, 5.74) is 1.43. The van der Waals surface area contributed by atoms with Crippen molar-refractivity contribution >= 4 is 17.6 Å². The first kappa shape index (κ1) is 18.6. The molecule has 0 aromatic heterocycles. The molecule has 1 heterocycles. The third-order valence-electron chi connectivity index (χ3n) is 4.69. The number of hydrogen-bond donors (Lipinski definition) is 1. The van der Waals surface area contributed by atoms with Crippen LogP contribution >= 0.6 is 11.6 Å². The third-order valence-corrected chi connectivity index (χ3v) is 4.91. The van der Waals surface area contributed by atoms with Crippen molar-refractivity contribution in [3.05, 3.63) is 58.1 Å². The standard InChI is InChI=1S/C21H23ClO4/c1-20(2)11-13-8-16(22)9-14(18(13)26-20)12-25-17-7-5-6-15(10-17)21(3,4)19(23)24/h5-10H,11-12H2,1-4H3,(H,23,24). The van der Waals surface area contributed by atoms with Crippen LogP contribution in [0.4, 0.5) is 0 Å². The van der Waals surface area contributed by atoms with Gasteiger partial charge in [-0.05, 0) is 63.1 Å². The summed E-state index contributed by atoms with van der Waals surface area (Å²) < 4.78 is 12.0. The third kappa shape index (κ3) is 3.65. The lowest BCUT2D eigenvalue weighted by atomic mass is 9.85. The predicted octanol–water partition coefficient (Wildman–Crippen LogP) is 4.99. The minimum atomic E-state index is -0.982. The minimum Gasteiger partial charge on any atom is -0.489 e. The van der Waals surface area contributed by atoms with Crippen molar-refractivity contribution in [2.24, 2.45) is 0 Å². The van der Waals surface area contributed by atoms with E-state index in [1.807, 2.05) is 32.0 Å². The Morgan fingerprint density at radius 1 is 1.31 bits per heavy atom. The molecular weight excluding hydrogens is 352 g/mol. The van der Waals surface area contributed by atoms with Crippen molar-refractivity contribution in [2.75, 3.05) is 0 Å². The molecule has 0 fully saturated rings. The topological polar surface area (TPSA) is 55.8 Å². The molecule has 26 heavy (non-hydrogen) atoms. The van der Waals surface area contributed by atoms with Crippen LogP contribution in [0.3, 0.4) is 0 Å². The first-order chi connectivity index (χ1) is 12.1. The summed E-state index contributed by atoms with van der Waals surface area (Å²) in [6.45, 7) is 7.74. The Kier molecular flexibility index (Phi) is 4.65. The van der Waals surface area contributed by atoms with Gasteiger partial charge in [-0.2, -0.15) is 0 Å². The fourth-order valence-corrected chi connectivity index (χ4v) is 3.38. The molecule has 0 amide bonds. The van der Waals surface area contributed by atoms with Crippen molar-refractivity contribution in [1.29, 1.82) is 0 Å². The average Bonchev–Trinajstić information content (AvgIpc) is 2.86. The lowest BCUT2D eigenvalue weighted by Crippen LogP contribution is -2.28. The number of benzene rings is 2. The number of halogens is 1. The molecule has 1 aliphatic rings. The van der Waals surface area contributed by atoms with Crippen molar-refractivity contribution in [1.82, 2.24) is 0 Å². The van der Waals surface area contributed by atoms with Gasteiger partial charge in [0.1, 0.15) is 23.7 Å². The van der Waals surface area contributed by atoms with Crippen LogP contribution in [0.15, 0.2) is 36.4 Å². The molecule has 2 aromatic carbocycles. The van der Waals surface area contributed by atoms with E-state index in [9.17, 15) is 9.90 Å². The minimum absolute atomic E-state index is 0.257. The number of carboxylic acid groups (broad SMARTS) is 1. The van der Waals surface area contributed by atoms with E-state index in [0.29, 0.717) is 22.9 Å². The van der Waals surface area contributed by atoms with Crippen molar-refractivity contribution < 1.29 is 19.4 Å². The van der Waals surface area contributed by atoms with Crippen molar-refractivity contribution in [3.63, 3.8) is 0 Å². The molecule has 2 aromatic rings. The van der Waals surface area contributed by atoms with Gasteiger partial charge in [-0.3, -0.25) is 4.79 Å². The highest BCUT2D eigenvalue weighted by molar-refractivity contribution is 6.30. The van der Waals surface area contributed by atoms with Gasteiger partial charge in [0.15, 0.2) is 0 Å². The lowest BCUT2D eigenvalue weighted by Gasteiger charge is -2.21. The zero-order valence-electron chi connectivity index (χ0n) is 15.4. The molecule has 138 valence electrons. The van der Waals surface area contributed by atoms with E-state index >= 15 is 0 Å². The number of carbonyl (C=O) groups is 1. The van der Waals surface area contributed by atoms with Crippen molar-refractivity contribution in [2.45, 2.75) is 51.7 Å². The molecule has 1 aliphatic heterocycles. The molecule has 3 rings (SSSR count). The average molecular weight is 375 g/mol. The van der Waals surface area contributed by atoms with Crippen LogP contribution in [0.5, 0.6) is 11.5 Å². The Balaban J connectivity index is 1.82. The van der Waals surface area contributed by atoms with Gasteiger partial charge >= 0.3 is 5.97 Å². The Morgan fingerprint density at radius 2 is 2.04 bits per heavy atom. The van der Waals surface area contributed by atoms with Crippen LogP contribution in [-0.2, 0) is 23.2 Å². The maximum absolute atomic E-state index is 11.5. The Hall–Kier alpha value is -2.20. The van der Waals surface area contributed by atoms with Gasteiger partial charge in [0.2, 0.25) is 0 Å². The van der Waals surface area contributed by atoms with Crippen LogP contribution in [0.25, 0.3) is 0 Å². The highest BCUT2D eigenvalue weighted by atomic mass is 35.5. The van der Waals surface area contributed by atoms with Gasteiger partial charge in [0.25, 0.3) is 0 Å². The van der Waals surface area contributed by atoms with E-state index in [-0.39, 0.29) is 5.60 Å². The molecule has 0 saturated carbocycles. The van der Waals surface area contributed by atoms with Crippen LogP contribution < -0.4 is 9.47 Å². The van der Waals surface area contributed by atoms with E-state index in [1.54, 1.807) is 32.0 Å². The van der Waals surface area contributed by atoms with Crippen LogP contribution in [0.2, 0.25) is 5.02 Å². The molecule has 0 saturated heterocycles. The molecule has 4 nitrogen and oxygen atoms in total. The molecule has 0 bridgehead atoms. The largest absolute Gasteiger partial charge is 0.489 e. The Morgan fingerprint density at radius 3 is 2.73 bits per heavy atom. The van der Waals surface area contributed by atoms with E-state index in [1.165, 1.54) is 0 Å². The van der Waals surface area contributed by atoms with Crippen LogP contribution in [-0.4, -0.2) is 16.7 Å². The summed E-state index contributed by atoms with van der Waals surface area (Å²) in [4.78, 5) is 11.5. The van der Waals surface area contributed by atoms with Crippen LogP contribution in [0.1, 0.15) is 44.4 Å². The summed E-state index contributed by atoms with van der Waals surface area (Å²) in [6, 6.07) is 11.0. The number of carboxylic acids is 1. The second-order valence-electron chi connectivity index (χ2n) is 7.84. The first-order valence-electron chi connectivity index (χ1n) is 8.55. The fraction of sp³-hybridized carbons (Fsp3) is 0.381. The first-order valence-corrected chi connectivity index (χ1v) is 8.93. The second-order valence-corrected chi connectivity index (χ2v) is 8.27.